The van der Waals surface area contributed by atoms with Crippen molar-refractivity contribution in [3.8, 4) is 0 Å². The first-order valence-corrected chi connectivity index (χ1v) is 5.52. The van der Waals surface area contributed by atoms with Gasteiger partial charge in [0.25, 0.3) is 0 Å². The molecule has 1 saturated heterocycles. The quantitative estimate of drug-likeness (QED) is 0.677. The minimum Gasteiger partial charge on any atom is -0.342 e. The van der Waals surface area contributed by atoms with Crippen LogP contribution in [0.5, 0.6) is 0 Å². The van der Waals surface area contributed by atoms with Gasteiger partial charge in [-0.3, -0.25) is 4.79 Å². The number of nitrogens with zero attached hydrogens (tertiary/aromatic N) is 1. The molecule has 0 spiro atoms. The third-order valence-corrected chi connectivity index (χ3v) is 3.01. The summed E-state index contributed by atoms with van der Waals surface area (Å²) in [5.74, 6) is 0.273. The molecule has 0 unspecified atom stereocenters. The lowest BCUT2D eigenvalue weighted by Gasteiger charge is -2.17. The van der Waals surface area contributed by atoms with E-state index in [0.717, 1.165) is 25.9 Å². The molecule has 1 aliphatic carbocycles. The molecule has 1 fully saturated rings. The highest BCUT2D eigenvalue weighted by Crippen LogP contribution is 2.10. The van der Waals surface area contributed by atoms with Crippen molar-refractivity contribution in [2.45, 2.75) is 31.7 Å². The fourth-order valence-corrected chi connectivity index (χ4v) is 2.09. The molecule has 14 heavy (non-hydrogen) atoms. The number of amides is 1. The van der Waals surface area contributed by atoms with Crippen LogP contribution < -0.4 is 5.32 Å². The fraction of sp³-hybridized carbons (Fsp3) is 0.727. The second-order valence-corrected chi connectivity index (χ2v) is 4.11. The highest BCUT2D eigenvalue weighted by Gasteiger charge is 2.18. The summed E-state index contributed by atoms with van der Waals surface area (Å²) < 4.78 is 0. The maximum absolute atomic E-state index is 11.6. The third kappa shape index (κ3) is 2.35. The molecule has 2 rings (SSSR count). The maximum atomic E-state index is 11.6. The Labute approximate surface area is 85.2 Å². The van der Waals surface area contributed by atoms with Gasteiger partial charge >= 0.3 is 0 Å². The second-order valence-electron chi connectivity index (χ2n) is 4.11. The summed E-state index contributed by atoms with van der Waals surface area (Å²) in [6, 6.07) is 0.501. The molecule has 0 aromatic carbocycles. The van der Waals surface area contributed by atoms with Crippen molar-refractivity contribution in [1.29, 1.82) is 0 Å². The molecule has 0 radical (unpaired) electrons. The molecule has 3 heteroatoms. The molecule has 1 amide bonds. The third-order valence-electron chi connectivity index (χ3n) is 3.01. The van der Waals surface area contributed by atoms with Crippen LogP contribution in [0.3, 0.4) is 0 Å². The summed E-state index contributed by atoms with van der Waals surface area (Å²) in [5.41, 5.74) is 0. The number of hydrogen-bond donors (Lipinski definition) is 1. The number of rotatable bonds is 3. The maximum Gasteiger partial charge on any atom is 0.236 e. The second kappa shape index (κ2) is 4.60. The lowest BCUT2D eigenvalue weighted by molar-refractivity contribution is -0.129. The van der Waals surface area contributed by atoms with Gasteiger partial charge in [-0.1, -0.05) is 12.2 Å². The highest BCUT2D eigenvalue weighted by molar-refractivity contribution is 5.78. The molecule has 1 N–H and O–H groups in total. The average Bonchev–Trinajstić information content (AvgIpc) is 2.87. The Morgan fingerprint density at radius 3 is 2.57 bits per heavy atom. The molecule has 0 aromatic rings. The average molecular weight is 194 g/mol. The van der Waals surface area contributed by atoms with Crippen LogP contribution in [0.4, 0.5) is 0 Å². The topological polar surface area (TPSA) is 32.3 Å². The summed E-state index contributed by atoms with van der Waals surface area (Å²) in [4.78, 5) is 13.6. The van der Waals surface area contributed by atoms with Crippen LogP contribution in [-0.2, 0) is 4.79 Å². The van der Waals surface area contributed by atoms with Crippen LogP contribution in [0.15, 0.2) is 12.2 Å². The minimum absolute atomic E-state index is 0.273. The Bertz CT molecular complexity index is 223. The van der Waals surface area contributed by atoms with Crippen LogP contribution in [0.2, 0.25) is 0 Å². The zero-order valence-electron chi connectivity index (χ0n) is 8.54. The van der Waals surface area contributed by atoms with Crippen LogP contribution in [0.1, 0.15) is 25.7 Å². The summed E-state index contributed by atoms with van der Waals surface area (Å²) in [6.07, 6.45) is 8.87. The summed E-state index contributed by atoms with van der Waals surface area (Å²) in [6.45, 7) is 2.44. The van der Waals surface area contributed by atoms with Gasteiger partial charge < -0.3 is 10.2 Å². The van der Waals surface area contributed by atoms with E-state index < -0.39 is 0 Å². The van der Waals surface area contributed by atoms with E-state index in [4.69, 9.17) is 0 Å². The first-order valence-electron chi connectivity index (χ1n) is 5.52. The van der Waals surface area contributed by atoms with E-state index in [-0.39, 0.29) is 5.91 Å². The van der Waals surface area contributed by atoms with E-state index in [1.54, 1.807) is 0 Å². The fourth-order valence-electron chi connectivity index (χ4n) is 2.09. The molecular formula is C11H18N2O. The van der Waals surface area contributed by atoms with Crippen LogP contribution >= 0.6 is 0 Å². The van der Waals surface area contributed by atoms with Crippen molar-refractivity contribution in [1.82, 2.24) is 10.2 Å². The van der Waals surface area contributed by atoms with Crippen LogP contribution in [0.25, 0.3) is 0 Å². The Hall–Kier alpha value is -0.830. The largest absolute Gasteiger partial charge is 0.342 e. The van der Waals surface area contributed by atoms with Crippen molar-refractivity contribution in [2.24, 2.45) is 0 Å². The summed E-state index contributed by atoms with van der Waals surface area (Å²) in [5, 5.41) is 3.30. The molecule has 0 atom stereocenters. The van der Waals surface area contributed by atoms with Crippen molar-refractivity contribution >= 4 is 5.91 Å². The monoisotopic (exact) mass is 194 g/mol. The molecular weight excluding hydrogens is 176 g/mol. The molecule has 1 heterocycles. The Kier molecular flexibility index (Phi) is 3.19. The van der Waals surface area contributed by atoms with Crippen molar-refractivity contribution in [2.75, 3.05) is 19.6 Å². The normalized spacial score (nSPS) is 22.1. The van der Waals surface area contributed by atoms with Crippen LogP contribution in [-0.4, -0.2) is 36.5 Å². The van der Waals surface area contributed by atoms with Gasteiger partial charge in [-0.25, -0.2) is 0 Å². The minimum atomic E-state index is 0.273. The molecule has 0 aromatic heterocycles. The van der Waals surface area contributed by atoms with Gasteiger partial charge in [0.05, 0.1) is 6.54 Å². The smallest absolute Gasteiger partial charge is 0.236 e. The van der Waals surface area contributed by atoms with E-state index in [1.807, 2.05) is 4.90 Å². The highest BCUT2D eigenvalue weighted by atomic mass is 16.2. The predicted molar refractivity (Wildman–Crippen MR) is 56.0 cm³/mol. The zero-order chi connectivity index (χ0) is 9.80. The van der Waals surface area contributed by atoms with Gasteiger partial charge in [0.2, 0.25) is 5.91 Å². The number of hydrogen-bond acceptors (Lipinski definition) is 2. The SMILES string of the molecule is O=C(CNC1CC=CC1)N1CCCC1. The van der Waals surface area contributed by atoms with Crippen molar-refractivity contribution in [3.63, 3.8) is 0 Å². The van der Waals surface area contributed by atoms with Gasteiger partial charge in [0.15, 0.2) is 0 Å². The molecule has 3 nitrogen and oxygen atoms in total. The molecule has 1 aliphatic heterocycles. The van der Waals surface area contributed by atoms with Gasteiger partial charge in [-0.2, -0.15) is 0 Å². The zero-order valence-corrected chi connectivity index (χ0v) is 8.54. The van der Waals surface area contributed by atoms with E-state index in [1.165, 1.54) is 12.8 Å². The Morgan fingerprint density at radius 1 is 1.29 bits per heavy atom. The Balaban J connectivity index is 1.66. The van der Waals surface area contributed by atoms with Gasteiger partial charge in [0, 0.05) is 19.1 Å². The van der Waals surface area contributed by atoms with Crippen molar-refractivity contribution < 1.29 is 4.79 Å². The van der Waals surface area contributed by atoms with E-state index >= 15 is 0 Å². The number of carbonyl (C=O) groups is 1. The van der Waals surface area contributed by atoms with Gasteiger partial charge in [0.1, 0.15) is 0 Å². The van der Waals surface area contributed by atoms with Crippen LogP contribution in [0, 0.1) is 0 Å². The molecule has 2 aliphatic rings. The van der Waals surface area contributed by atoms with Gasteiger partial charge in [-0.05, 0) is 25.7 Å². The van der Waals surface area contributed by atoms with Crippen molar-refractivity contribution in [3.05, 3.63) is 12.2 Å². The van der Waals surface area contributed by atoms with E-state index in [9.17, 15) is 4.79 Å². The lowest BCUT2D eigenvalue weighted by atomic mass is 10.2. The van der Waals surface area contributed by atoms with Gasteiger partial charge in [-0.15, -0.1) is 0 Å². The summed E-state index contributed by atoms with van der Waals surface area (Å²) >= 11 is 0. The molecule has 78 valence electrons. The van der Waals surface area contributed by atoms with E-state index in [0.29, 0.717) is 12.6 Å². The molecule has 0 bridgehead atoms. The standard InChI is InChI=1S/C11H18N2O/c14-11(13-7-3-4-8-13)9-12-10-5-1-2-6-10/h1-2,10,12H,3-9H2. The number of likely N-dealkylation sites (tertiary alicyclic amines) is 1. The first-order chi connectivity index (χ1) is 6.86. The number of nitrogens with one attached hydrogen (secondary N) is 1. The Morgan fingerprint density at radius 2 is 1.93 bits per heavy atom. The number of carbonyl (C=O) groups excluding carboxylic acids is 1. The molecule has 0 saturated carbocycles. The van der Waals surface area contributed by atoms with E-state index in [2.05, 4.69) is 17.5 Å². The lowest BCUT2D eigenvalue weighted by Crippen LogP contribution is -2.39. The first kappa shape index (κ1) is 9.71. The predicted octanol–water partition coefficient (Wildman–Crippen LogP) is 0.917. The summed E-state index contributed by atoms with van der Waals surface area (Å²) in [7, 11) is 0.